The van der Waals surface area contributed by atoms with Crippen molar-refractivity contribution < 1.29 is 18.8 Å². The number of hydrogen-bond donors (Lipinski definition) is 5. The third kappa shape index (κ3) is 7.11. The van der Waals surface area contributed by atoms with E-state index in [9.17, 15) is 14.0 Å². The summed E-state index contributed by atoms with van der Waals surface area (Å²) in [5, 5.41) is 26.3. The lowest BCUT2D eigenvalue weighted by Gasteiger charge is -2.28. The molecule has 0 bridgehead atoms. The Balaban J connectivity index is 1.40. The number of benzene rings is 3. The van der Waals surface area contributed by atoms with Crippen LogP contribution >= 0.6 is 0 Å². The lowest BCUT2D eigenvalue weighted by Crippen LogP contribution is -2.30. The molecule has 1 aliphatic rings. The van der Waals surface area contributed by atoms with Crippen molar-refractivity contribution >= 4 is 39.3 Å². The van der Waals surface area contributed by atoms with E-state index in [2.05, 4.69) is 57.8 Å². The number of nitrogens with zero attached hydrogens (tertiary/aromatic N) is 3. The summed E-state index contributed by atoms with van der Waals surface area (Å²) in [6.07, 6.45) is 0.736. The van der Waals surface area contributed by atoms with Crippen molar-refractivity contribution in [2.24, 2.45) is 0 Å². The van der Waals surface area contributed by atoms with Gasteiger partial charge in [-0.1, -0.05) is 12.1 Å². The van der Waals surface area contributed by atoms with Gasteiger partial charge in [-0.25, -0.2) is 4.39 Å². The number of aliphatic hydroxyl groups is 1. The highest BCUT2D eigenvalue weighted by molar-refractivity contribution is 7.91. The van der Waals surface area contributed by atoms with Gasteiger partial charge in [-0.15, -0.1) is 0 Å². The van der Waals surface area contributed by atoms with Crippen LogP contribution in [0.3, 0.4) is 0 Å². The second kappa shape index (κ2) is 13.1. The highest BCUT2D eigenvalue weighted by atomic mass is 32.2. The summed E-state index contributed by atoms with van der Waals surface area (Å²) >= 11 is -1.32. The average molecular weight is 582 g/mol. The number of H-pyrrole nitrogens is 1. The largest absolute Gasteiger partial charge is 0.382 e. The Morgan fingerprint density at radius 1 is 1.05 bits per heavy atom. The maximum Gasteiger partial charge on any atom is 0.220 e. The van der Waals surface area contributed by atoms with Gasteiger partial charge in [0.15, 0.2) is 21.8 Å². The van der Waals surface area contributed by atoms with Gasteiger partial charge in [0, 0.05) is 73.8 Å². The van der Waals surface area contributed by atoms with Crippen molar-refractivity contribution in [2.75, 3.05) is 63.0 Å². The first-order valence-electron chi connectivity index (χ1n) is 13.7. The van der Waals surface area contributed by atoms with E-state index in [0.717, 1.165) is 42.8 Å². The Morgan fingerprint density at radius 3 is 2.59 bits per heavy atom. The number of halogens is 1. The molecule has 4 aromatic rings. The third-order valence-electron chi connectivity index (χ3n) is 7.29. The molecule has 3 aromatic carbocycles. The molecule has 11 heteroatoms. The predicted molar refractivity (Wildman–Crippen MR) is 163 cm³/mol. The van der Waals surface area contributed by atoms with E-state index < -0.39 is 23.2 Å². The fourth-order valence-corrected chi connectivity index (χ4v) is 5.97. The minimum atomic E-state index is -1.32. The normalized spacial score (nSPS) is 15.7. The van der Waals surface area contributed by atoms with Crippen molar-refractivity contribution in [3.05, 3.63) is 72.0 Å². The Bertz CT molecular complexity index is 1460. The minimum Gasteiger partial charge on any atom is -0.382 e. The summed E-state index contributed by atoms with van der Waals surface area (Å²) in [5.74, 6) is 0.0544. The number of aliphatic hydroxyl groups excluding tert-OH is 1. The number of hydrogen-bond acceptors (Lipinski definition) is 8. The molecular weight excluding hydrogens is 543 g/mol. The Kier molecular flexibility index (Phi) is 9.31. The van der Waals surface area contributed by atoms with E-state index >= 15 is 0 Å². The summed E-state index contributed by atoms with van der Waals surface area (Å²) in [5.41, 5.74) is 3.36. The van der Waals surface area contributed by atoms with Gasteiger partial charge < -0.3 is 30.3 Å². The average Bonchev–Trinajstić information content (AvgIpc) is 3.37. The van der Waals surface area contributed by atoms with Crippen LogP contribution in [0.25, 0.3) is 10.9 Å². The number of anilines is 3. The molecule has 1 aliphatic heterocycles. The van der Waals surface area contributed by atoms with E-state index in [-0.39, 0.29) is 6.04 Å². The van der Waals surface area contributed by atoms with Gasteiger partial charge in [0.25, 0.3) is 0 Å². The molecule has 2 atom stereocenters. The van der Waals surface area contributed by atoms with Gasteiger partial charge in [0.1, 0.15) is 5.82 Å². The second-order valence-corrected chi connectivity index (χ2v) is 12.1. The van der Waals surface area contributed by atoms with E-state index in [1.807, 2.05) is 24.3 Å². The maximum absolute atomic E-state index is 13.8. The molecule has 1 fully saturated rings. The maximum atomic E-state index is 13.8. The first-order valence-corrected chi connectivity index (χ1v) is 14.9. The minimum absolute atomic E-state index is 0.246. The van der Waals surface area contributed by atoms with Crippen LogP contribution in [0, 0.1) is 5.82 Å². The van der Waals surface area contributed by atoms with Gasteiger partial charge in [0.2, 0.25) is 11.2 Å². The second-order valence-electron chi connectivity index (χ2n) is 10.6. The molecule has 41 heavy (non-hydrogen) atoms. The van der Waals surface area contributed by atoms with Gasteiger partial charge in [-0.2, -0.15) is 9.65 Å². The molecule has 5 N–H and O–H groups in total. The van der Waals surface area contributed by atoms with Crippen molar-refractivity contribution in [3.8, 4) is 0 Å². The highest BCUT2D eigenvalue weighted by Gasteiger charge is 2.26. The van der Waals surface area contributed by atoms with Crippen molar-refractivity contribution in [2.45, 2.75) is 34.9 Å². The first kappa shape index (κ1) is 29.2. The number of rotatable bonds is 11. The highest BCUT2D eigenvalue weighted by Crippen LogP contribution is 2.33. The quantitative estimate of drug-likeness (QED) is 0.126. The predicted octanol–water partition coefficient (Wildman–Crippen LogP) is 4.90. The first-order chi connectivity index (χ1) is 19.8. The molecule has 5 rings (SSSR count). The number of likely N-dealkylation sites (N-methyl/N-ethyl adjacent to an activating group) is 2. The summed E-state index contributed by atoms with van der Waals surface area (Å²) < 4.78 is 30.2. The van der Waals surface area contributed by atoms with Gasteiger partial charge >= 0.3 is 0 Å². The number of fused-ring (bicyclic) bond motifs is 1. The molecule has 0 saturated carbocycles. The van der Waals surface area contributed by atoms with Crippen LogP contribution in [0.15, 0.2) is 70.5 Å². The van der Waals surface area contributed by atoms with Crippen LogP contribution in [-0.2, 0) is 15.9 Å². The van der Waals surface area contributed by atoms with Crippen molar-refractivity contribution in [1.82, 2.24) is 15.1 Å². The van der Waals surface area contributed by atoms with Gasteiger partial charge in [0.05, 0.1) is 5.52 Å². The van der Waals surface area contributed by atoms with Crippen LogP contribution in [-0.4, -0.2) is 78.2 Å². The molecule has 0 aliphatic carbocycles. The van der Waals surface area contributed by atoms with Crippen molar-refractivity contribution in [3.63, 3.8) is 0 Å². The molecule has 2 unspecified atom stereocenters. The fourth-order valence-electron chi connectivity index (χ4n) is 4.84. The van der Waals surface area contributed by atoms with E-state index in [0.29, 0.717) is 39.8 Å². The zero-order chi connectivity index (χ0) is 28.9. The van der Waals surface area contributed by atoms with Crippen LogP contribution in [0.1, 0.15) is 24.6 Å². The number of aromatic amines is 1. The monoisotopic (exact) mass is 581 g/mol. The summed E-state index contributed by atoms with van der Waals surface area (Å²) in [7, 11) is 6.18. The smallest absolute Gasteiger partial charge is 0.220 e. The topological polar surface area (TPSA) is 109 Å². The number of aromatic nitrogens is 2. The Labute approximate surface area is 242 Å². The van der Waals surface area contributed by atoms with E-state index in [4.69, 9.17) is 4.74 Å². The molecule has 1 saturated heterocycles. The van der Waals surface area contributed by atoms with Gasteiger partial charge in [-0.05, 0) is 63.3 Å². The number of nitrogens with one attached hydrogen (secondary N) is 3. The molecule has 0 radical (unpaired) electrons. The zero-order valence-electron chi connectivity index (χ0n) is 23.6. The van der Waals surface area contributed by atoms with Crippen LogP contribution in [0.2, 0.25) is 0 Å². The van der Waals surface area contributed by atoms with Crippen LogP contribution in [0.5, 0.6) is 0 Å². The lowest BCUT2D eigenvalue weighted by molar-refractivity contribution is 0.0904. The summed E-state index contributed by atoms with van der Waals surface area (Å²) in [6, 6.07) is 17.7. The standard InChI is InChI=1S/C30H38FN6O3S/c1-36(2)13-14-37(3)22-7-9-25(28(18-22)32-21-11-15-40-16-12-21)30(38)33-29-26-19-24(8-10-27(26)34-35-29)41(39)23-6-4-5-20(31)17-23/h4-10,17-19,21,30,32,38-39H,11-16H2,1-3H3,(H2,33,34,35)/q+1. The Hall–Kier alpha value is -3.35. The summed E-state index contributed by atoms with van der Waals surface area (Å²) in [4.78, 5) is 5.46. The summed E-state index contributed by atoms with van der Waals surface area (Å²) in [6.45, 7) is 3.21. The fraction of sp³-hybridized carbons (Fsp3) is 0.367. The molecule has 0 amide bonds. The molecule has 9 nitrogen and oxygen atoms in total. The molecule has 0 spiro atoms. The molecule has 2 heterocycles. The molecule has 218 valence electrons. The Morgan fingerprint density at radius 2 is 1.83 bits per heavy atom. The van der Waals surface area contributed by atoms with E-state index in [1.54, 1.807) is 18.2 Å². The number of ether oxygens (including phenoxy) is 1. The molecular formula is C30H38FN6O3S+. The van der Waals surface area contributed by atoms with Gasteiger partial charge in [-0.3, -0.25) is 5.10 Å². The van der Waals surface area contributed by atoms with Crippen molar-refractivity contribution in [1.29, 1.82) is 0 Å². The zero-order valence-corrected chi connectivity index (χ0v) is 24.4. The SMILES string of the molecule is CN(C)CCN(C)c1ccc(C(O)Nc2n[nH]c3ccc([S+](O)c4cccc(F)c4)cc23)c(NC2CCOCC2)c1. The molecule has 1 aromatic heterocycles. The van der Waals surface area contributed by atoms with Crippen LogP contribution < -0.4 is 15.5 Å². The third-order valence-corrected chi connectivity index (χ3v) is 8.69. The van der Waals surface area contributed by atoms with Crippen LogP contribution in [0.4, 0.5) is 21.6 Å². The van der Waals surface area contributed by atoms with E-state index in [1.165, 1.54) is 12.1 Å². The lowest BCUT2D eigenvalue weighted by atomic mass is 10.1.